The van der Waals surface area contributed by atoms with Crippen molar-refractivity contribution in [2.24, 2.45) is 0 Å². The lowest BCUT2D eigenvalue weighted by Crippen LogP contribution is -2.25. The molecule has 1 heterocycles. The second kappa shape index (κ2) is 8.04. The van der Waals surface area contributed by atoms with E-state index in [1.165, 1.54) is 5.56 Å². The van der Waals surface area contributed by atoms with Gasteiger partial charge in [0.15, 0.2) is 11.5 Å². The van der Waals surface area contributed by atoms with Crippen LogP contribution in [0.2, 0.25) is 0 Å². The number of ether oxygens (including phenoxy) is 2. The summed E-state index contributed by atoms with van der Waals surface area (Å²) >= 11 is 1.54. The van der Waals surface area contributed by atoms with Crippen molar-refractivity contribution in [3.05, 3.63) is 53.6 Å². The Hall–Kier alpha value is -2.14. The van der Waals surface area contributed by atoms with E-state index in [1.807, 2.05) is 18.2 Å². The summed E-state index contributed by atoms with van der Waals surface area (Å²) in [6.07, 6.45) is 0. The largest absolute Gasteiger partial charge is 0.486 e. The van der Waals surface area contributed by atoms with E-state index in [1.54, 1.807) is 11.8 Å². The number of hydrogen-bond acceptors (Lipinski definition) is 4. The van der Waals surface area contributed by atoms with Crippen molar-refractivity contribution in [1.29, 1.82) is 0 Å². The molecule has 3 rings (SSSR count). The van der Waals surface area contributed by atoms with E-state index >= 15 is 0 Å². The van der Waals surface area contributed by atoms with Crippen LogP contribution in [-0.4, -0.2) is 24.9 Å². The Morgan fingerprint density at radius 3 is 2.54 bits per heavy atom. The summed E-state index contributed by atoms with van der Waals surface area (Å²) in [6.45, 7) is 8.12. The minimum absolute atomic E-state index is 0.00392. The van der Waals surface area contributed by atoms with Gasteiger partial charge in [0.2, 0.25) is 5.91 Å². The maximum Gasteiger partial charge on any atom is 0.230 e. The maximum atomic E-state index is 12.2. The van der Waals surface area contributed by atoms with E-state index in [4.69, 9.17) is 9.47 Å². The molecule has 1 aliphatic heterocycles. The molecule has 4 nitrogen and oxygen atoms in total. The van der Waals surface area contributed by atoms with Gasteiger partial charge in [-0.05, 0) is 29.2 Å². The SMILES string of the molecule is CC(C)(C)c1ccc(SCC(=O)NCc2cccc3c2OCCO3)cc1. The number of amides is 1. The number of rotatable bonds is 5. The van der Waals surface area contributed by atoms with Crippen molar-refractivity contribution in [1.82, 2.24) is 5.32 Å². The minimum Gasteiger partial charge on any atom is -0.486 e. The lowest BCUT2D eigenvalue weighted by molar-refractivity contribution is -0.118. The smallest absolute Gasteiger partial charge is 0.230 e. The van der Waals surface area contributed by atoms with Crippen molar-refractivity contribution in [3.63, 3.8) is 0 Å². The molecule has 0 fully saturated rings. The summed E-state index contributed by atoms with van der Waals surface area (Å²) in [5.41, 5.74) is 2.37. The van der Waals surface area contributed by atoms with Crippen LogP contribution in [0.3, 0.4) is 0 Å². The molecule has 26 heavy (non-hydrogen) atoms. The molecule has 0 saturated heterocycles. The first kappa shape index (κ1) is 18.6. The van der Waals surface area contributed by atoms with Crippen LogP contribution in [0.1, 0.15) is 31.9 Å². The fraction of sp³-hybridized carbons (Fsp3) is 0.381. The van der Waals surface area contributed by atoms with Gasteiger partial charge in [0.1, 0.15) is 13.2 Å². The molecule has 0 atom stereocenters. The number of carbonyl (C=O) groups is 1. The highest BCUT2D eigenvalue weighted by molar-refractivity contribution is 8.00. The van der Waals surface area contributed by atoms with Gasteiger partial charge in [-0.2, -0.15) is 0 Å². The molecular weight excluding hydrogens is 346 g/mol. The maximum absolute atomic E-state index is 12.2. The summed E-state index contributed by atoms with van der Waals surface area (Å²) in [5.74, 6) is 1.88. The Morgan fingerprint density at radius 2 is 1.81 bits per heavy atom. The molecule has 1 amide bonds. The van der Waals surface area contributed by atoms with Crippen LogP contribution in [0, 0.1) is 0 Å². The van der Waals surface area contributed by atoms with Gasteiger partial charge in [0.05, 0.1) is 5.75 Å². The van der Waals surface area contributed by atoms with Crippen LogP contribution in [0.4, 0.5) is 0 Å². The van der Waals surface area contributed by atoms with Crippen LogP contribution >= 0.6 is 11.8 Å². The van der Waals surface area contributed by atoms with E-state index in [2.05, 4.69) is 50.4 Å². The van der Waals surface area contributed by atoms with Gasteiger partial charge in [-0.1, -0.05) is 45.0 Å². The van der Waals surface area contributed by atoms with Crippen molar-refractivity contribution in [2.45, 2.75) is 37.6 Å². The normalized spacial score (nSPS) is 13.3. The molecule has 0 bridgehead atoms. The highest BCUT2D eigenvalue weighted by Crippen LogP contribution is 2.33. The van der Waals surface area contributed by atoms with Crippen molar-refractivity contribution in [2.75, 3.05) is 19.0 Å². The predicted molar refractivity (Wildman–Crippen MR) is 105 cm³/mol. The molecule has 0 unspecified atom stereocenters. The highest BCUT2D eigenvalue weighted by Gasteiger charge is 2.16. The van der Waals surface area contributed by atoms with E-state index in [-0.39, 0.29) is 11.3 Å². The summed E-state index contributed by atoms with van der Waals surface area (Å²) in [6, 6.07) is 14.2. The van der Waals surface area contributed by atoms with Crippen LogP contribution in [-0.2, 0) is 16.8 Å². The molecule has 0 radical (unpaired) electrons. The average Bonchev–Trinajstić information content (AvgIpc) is 2.64. The van der Waals surface area contributed by atoms with Crippen molar-refractivity contribution in [3.8, 4) is 11.5 Å². The molecule has 0 aliphatic carbocycles. The molecule has 5 heteroatoms. The molecule has 2 aromatic carbocycles. The summed E-state index contributed by atoms with van der Waals surface area (Å²) in [7, 11) is 0. The standard InChI is InChI=1S/C21H25NO3S/c1-21(2,3)16-7-9-17(10-8-16)26-14-19(23)22-13-15-5-4-6-18-20(15)25-12-11-24-18/h4-10H,11-14H2,1-3H3,(H,22,23). The third-order valence-corrected chi connectivity index (χ3v) is 5.23. The second-order valence-electron chi connectivity index (χ2n) is 7.28. The number of fused-ring (bicyclic) bond motifs is 1. The third kappa shape index (κ3) is 4.73. The molecule has 1 aliphatic rings. The second-order valence-corrected chi connectivity index (χ2v) is 8.33. The molecule has 138 valence electrons. The van der Waals surface area contributed by atoms with Crippen LogP contribution in [0.25, 0.3) is 0 Å². The molecule has 2 aromatic rings. The number of benzene rings is 2. The third-order valence-electron chi connectivity index (χ3n) is 4.21. The number of carbonyl (C=O) groups excluding carboxylic acids is 1. The lowest BCUT2D eigenvalue weighted by Gasteiger charge is -2.21. The first-order chi connectivity index (χ1) is 12.4. The number of hydrogen-bond donors (Lipinski definition) is 1. The van der Waals surface area contributed by atoms with Gasteiger partial charge >= 0.3 is 0 Å². The monoisotopic (exact) mass is 371 g/mol. The fourth-order valence-electron chi connectivity index (χ4n) is 2.72. The Morgan fingerprint density at radius 1 is 1.08 bits per heavy atom. The summed E-state index contributed by atoms with van der Waals surface area (Å²) in [4.78, 5) is 13.3. The van der Waals surface area contributed by atoms with E-state index in [9.17, 15) is 4.79 Å². The first-order valence-corrected chi connectivity index (χ1v) is 9.79. The summed E-state index contributed by atoms with van der Waals surface area (Å²) in [5, 5.41) is 2.96. The Balaban J connectivity index is 1.51. The van der Waals surface area contributed by atoms with Gasteiger partial charge < -0.3 is 14.8 Å². The van der Waals surface area contributed by atoms with Crippen LogP contribution < -0.4 is 14.8 Å². The Bertz CT molecular complexity index is 766. The Kier molecular flexibility index (Phi) is 5.77. The molecule has 1 N–H and O–H groups in total. The van der Waals surface area contributed by atoms with Gasteiger partial charge in [-0.25, -0.2) is 0 Å². The first-order valence-electron chi connectivity index (χ1n) is 8.81. The van der Waals surface area contributed by atoms with Gasteiger partial charge in [0, 0.05) is 17.0 Å². The minimum atomic E-state index is 0.00392. The number of para-hydroxylation sites is 1. The van der Waals surface area contributed by atoms with Crippen molar-refractivity contribution >= 4 is 17.7 Å². The average molecular weight is 372 g/mol. The zero-order valence-corrected chi connectivity index (χ0v) is 16.3. The summed E-state index contributed by atoms with van der Waals surface area (Å²) < 4.78 is 11.2. The van der Waals surface area contributed by atoms with Gasteiger partial charge in [0.25, 0.3) is 0 Å². The van der Waals surface area contributed by atoms with E-state index < -0.39 is 0 Å². The molecule has 0 aromatic heterocycles. The zero-order valence-electron chi connectivity index (χ0n) is 15.5. The van der Waals surface area contributed by atoms with Crippen LogP contribution in [0.15, 0.2) is 47.4 Å². The van der Waals surface area contributed by atoms with Gasteiger partial charge in [-0.15, -0.1) is 11.8 Å². The van der Waals surface area contributed by atoms with Crippen LogP contribution in [0.5, 0.6) is 11.5 Å². The lowest BCUT2D eigenvalue weighted by atomic mass is 9.87. The van der Waals surface area contributed by atoms with E-state index in [0.29, 0.717) is 25.5 Å². The molecule has 0 saturated carbocycles. The molecule has 0 spiro atoms. The molecular formula is C21H25NO3S. The number of nitrogens with one attached hydrogen (secondary N) is 1. The topological polar surface area (TPSA) is 47.6 Å². The van der Waals surface area contributed by atoms with Crippen molar-refractivity contribution < 1.29 is 14.3 Å². The predicted octanol–water partition coefficient (Wildman–Crippen LogP) is 4.16. The Labute approximate surface area is 159 Å². The van der Waals surface area contributed by atoms with E-state index in [0.717, 1.165) is 22.0 Å². The highest BCUT2D eigenvalue weighted by atomic mass is 32.2. The zero-order chi connectivity index (χ0) is 18.6. The number of thioether (sulfide) groups is 1. The fourth-order valence-corrected chi connectivity index (χ4v) is 3.45. The quantitative estimate of drug-likeness (QED) is 0.802. The van der Waals surface area contributed by atoms with Gasteiger partial charge in [-0.3, -0.25) is 4.79 Å².